The summed E-state index contributed by atoms with van der Waals surface area (Å²) in [7, 11) is -28.6. The zero-order chi connectivity index (χ0) is 71.7. The van der Waals surface area contributed by atoms with Crippen molar-refractivity contribution in [3.8, 4) is 0 Å². The van der Waals surface area contributed by atoms with Crippen molar-refractivity contribution in [1.82, 2.24) is 0 Å². The number of rotatable bonds is 37. The number of nitrogens with two attached hydrogens (primary N) is 3. The molecule has 0 saturated carbocycles. The number of carboxylic acids is 1. The smallest absolute Gasteiger partial charge is 0.477 e. The molecule has 5 heterocycles. The maximum atomic E-state index is 13.6. The normalized spacial score (nSPS) is 40.5. The van der Waals surface area contributed by atoms with E-state index in [0.29, 0.717) is 0 Å². The molecule has 560 valence electrons. The lowest BCUT2D eigenvalue weighted by molar-refractivity contribution is -0.416. The van der Waals surface area contributed by atoms with Gasteiger partial charge in [-0.25, -0.2) is 27.6 Å². The Labute approximate surface area is 533 Å². The van der Waals surface area contributed by atoms with Gasteiger partial charge in [0.1, 0.15) is 140 Å². The first-order chi connectivity index (χ1) is 44.1. The Morgan fingerprint density at radius 2 is 0.947 bits per heavy atom. The standard InChI is InChI=1S/C41H80N3O46P5/c42-1-4-74-92(66,67)88-17(11-48)30-21(54)22(55)34(84-37-26(59)32(89-93(68,69)75-5-2-43)24(57)27(79-37)13(49)8-45)38(81-30)85-35-25(58)33(83-36-23(56)20(53)19(52)18(78-36)12-77-91(63,64)65)28(14(50)9-46)80-39(35)82-31-16(87-95(72,73)90-94(70,71)76-6-3-44)7-41(62,40(60)61)86-29(31)15(51)10-47/h13-39,45-59,62H,1-12,42-44H2,(H,60,61)(H,66,67)(H,68,69)(H,70,71)(H,72,73)(H2,63,64,65)/t13-,14-,15+,16+,17-,18+,19+,20-,21-,22-,23+,24+,25-,26-,27+,28+,29+,30+,31+,32-,33-,34-,35-,36-,37+,38+,39+,41+/m0/s1. The Morgan fingerprint density at radius 3 is 1.48 bits per heavy atom. The van der Waals surface area contributed by atoms with Crippen molar-refractivity contribution in [1.29, 1.82) is 0 Å². The number of carboxylic acid groups (broad SMARTS) is 1. The number of hydrogen-bond donors (Lipinski definition) is 26. The van der Waals surface area contributed by atoms with Crippen LogP contribution >= 0.6 is 39.1 Å². The molecule has 5 saturated heterocycles. The fraction of sp³-hybridized carbons (Fsp3) is 0.976. The highest BCUT2D eigenvalue weighted by molar-refractivity contribution is 7.61. The van der Waals surface area contributed by atoms with Crippen LogP contribution in [0.2, 0.25) is 0 Å². The number of aliphatic carboxylic acids is 1. The highest BCUT2D eigenvalue weighted by Crippen LogP contribution is 2.62. The lowest BCUT2D eigenvalue weighted by atomic mass is 9.91. The molecule has 4 unspecified atom stereocenters. The zero-order valence-electron chi connectivity index (χ0n) is 48.7. The molecule has 49 nitrogen and oxygen atoms in total. The number of hydrogen-bond acceptors (Lipinski definition) is 42. The van der Waals surface area contributed by atoms with Crippen LogP contribution in [0.3, 0.4) is 0 Å². The van der Waals surface area contributed by atoms with E-state index in [1.807, 2.05) is 0 Å². The minimum absolute atomic E-state index is 0.445. The van der Waals surface area contributed by atoms with Gasteiger partial charge in [0.25, 0.3) is 5.79 Å². The molecule has 0 amide bonds. The molecule has 0 aliphatic carbocycles. The van der Waals surface area contributed by atoms with Crippen LogP contribution in [0.15, 0.2) is 0 Å². The summed E-state index contributed by atoms with van der Waals surface area (Å²) in [5.41, 5.74) is 16.0. The molecule has 0 radical (unpaired) electrons. The predicted octanol–water partition coefficient (Wildman–Crippen LogP) is -13.5. The van der Waals surface area contributed by atoms with E-state index < -0.39 is 295 Å². The van der Waals surface area contributed by atoms with Crippen molar-refractivity contribution in [2.24, 2.45) is 17.2 Å². The Bertz CT molecular complexity index is 2650. The van der Waals surface area contributed by atoms with Crippen molar-refractivity contribution in [2.75, 3.05) is 72.5 Å². The van der Waals surface area contributed by atoms with E-state index in [1.54, 1.807) is 0 Å². The monoisotopic (exact) mass is 1510 g/mol. The maximum absolute atomic E-state index is 13.6. The zero-order valence-corrected chi connectivity index (χ0v) is 53.2. The highest BCUT2D eigenvalue weighted by Gasteiger charge is 2.62. The largest absolute Gasteiger partial charge is 0.481 e. The molecule has 5 aliphatic rings. The lowest BCUT2D eigenvalue weighted by Crippen LogP contribution is -2.70. The summed E-state index contributed by atoms with van der Waals surface area (Å²) in [6.45, 7) is -11.1. The van der Waals surface area contributed by atoms with Gasteiger partial charge in [0.15, 0.2) is 25.2 Å². The molecule has 54 heteroatoms. The third-order valence-electron chi connectivity index (χ3n) is 14.2. The van der Waals surface area contributed by atoms with Crippen LogP contribution in [0.25, 0.3) is 0 Å². The van der Waals surface area contributed by atoms with Gasteiger partial charge >= 0.3 is 45.1 Å². The Kier molecular flexibility index (Phi) is 32.0. The summed E-state index contributed by atoms with van der Waals surface area (Å²) in [4.78, 5) is 73.6. The summed E-state index contributed by atoms with van der Waals surface area (Å²) in [5, 5.41) is 188. The quantitative estimate of drug-likeness (QED) is 0.0257. The van der Waals surface area contributed by atoms with Crippen LogP contribution in [-0.2, 0) is 106 Å². The Morgan fingerprint density at radius 1 is 0.474 bits per heavy atom. The minimum atomic E-state index is -6.35. The fourth-order valence-electron chi connectivity index (χ4n) is 9.75. The molecule has 5 fully saturated rings. The van der Waals surface area contributed by atoms with E-state index in [2.05, 4.69) is 17.9 Å². The van der Waals surface area contributed by atoms with Gasteiger partial charge in [0.05, 0.1) is 52.9 Å². The number of carbonyl (C=O) groups is 1. The van der Waals surface area contributed by atoms with Crippen molar-refractivity contribution in [2.45, 2.75) is 178 Å². The van der Waals surface area contributed by atoms with Gasteiger partial charge in [-0.1, -0.05) is 0 Å². The van der Waals surface area contributed by atoms with E-state index >= 15 is 0 Å². The van der Waals surface area contributed by atoms with Gasteiger partial charge in [0, 0.05) is 26.1 Å². The van der Waals surface area contributed by atoms with Gasteiger partial charge in [-0.2, -0.15) is 4.31 Å². The molecule has 0 bridgehead atoms. The molecule has 0 aromatic rings. The summed E-state index contributed by atoms with van der Waals surface area (Å²) >= 11 is 0. The molecule has 5 aliphatic heterocycles. The van der Waals surface area contributed by atoms with Gasteiger partial charge in [-0.05, 0) is 0 Å². The molecular formula is C41H80N3O46P5. The summed E-state index contributed by atoms with van der Waals surface area (Å²) in [5.74, 6) is -6.18. The predicted molar refractivity (Wildman–Crippen MR) is 289 cm³/mol. The molecule has 0 aromatic heterocycles. The van der Waals surface area contributed by atoms with Gasteiger partial charge in [0.2, 0.25) is 0 Å². The summed E-state index contributed by atoms with van der Waals surface area (Å²) < 4.78 is 153. The Hall–Kier alpha value is -1.06. The summed E-state index contributed by atoms with van der Waals surface area (Å²) in [6, 6.07) is 0. The van der Waals surface area contributed by atoms with Crippen LogP contribution in [0.5, 0.6) is 0 Å². The Balaban J connectivity index is 1.79. The van der Waals surface area contributed by atoms with Gasteiger partial charge in [-0.15, -0.1) is 0 Å². The molecular weight excluding hydrogens is 1430 g/mol. The molecule has 5 rings (SSSR count). The highest BCUT2D eigenvalue weighted by atomic mass is 31.3. The van der Waals surface area contributed by atoms with Crippen molar-refractivity contribution >= 4 is 45.1 Å². The fourth-order valence-corrected chi connectivity index (χ4v) is 14.2. The van der Waals surface area contributed by atoms with Gasteiger partial charge < -0.3 is 176 Å². The van der Waals surface area contributed by atoms with Crippen LogP contribution < -0.4 is 17.2 Å². The van der Waals surface area contributed by atoms with Gasteiger partial charge in [-0.3, -0.25) is 31.7 Å². The second kappa shape index (κ2) is 35.9. The van der Waals surface area contributed by atoms with E-state index in [1.165, 1.54) is 0 Å². The van der Waals surface area contributed by atoms with Crippen molar-refractivity contribution in [3.63, 3.8) is 0 Å². The molecule has 0 spiro atoms. The molecule has 32 atom stereocenters. The van der Waals surface area contributed by atoms with Crippen LogP contribution in [-0.4, -0.2) is 366 Å². The molecule has 0 aromatic carbocycles. The SMILES string of the molecule is NCCOP(=O)(O)O[C@@H]1[C@H](O)[C@@H](O[C@@H]2[C@@H](O[C@@H]3[C@@H](O[C@H]4[C@@H]([C@H](O)CO)O[C@@](O)(C(=O)O)C[C@H]4OP(=O)(O)OP(=O)(O)OCCN)O[C@H]([C@@H](O)CO)[C@@H](O[C@@H]4O[C@H](COP(=O)(O)O)[C@@H](O)[C@H](O)[C@H]4O)[C@@H]3O)O[C@H]([C@H](CO)OP(=O)(O)OCCN)[C@@H](O)[C@@H]2O)O[C@H]([C@@H](O)CO)[C@H]1O. The minimum Gasteiger partial charge on any atom is -0.477 e. The topological polar surface area (TPSA) is 803 Å². The first-order valence-corrected chi connectivity index (χ1v) is 35.2. The lowest BCUT2D eigenvalue weighted by Gasteiger charge is -2.52. The second-order valence-corrected chi connectivity index (χ2v) is 28.1. The average Bonchev–Trinajstić information content (AvgIpc) is 0.759. The van der Waals surface area contributed by atoms with Crippen molar-refractivity contribution in [3.05, 3.63) is 0 Å². The number of phosphoric ester groups is 5. The average molecular weight is 1510 g/mol. The van der Waals surface area contributed by atoms with Crippen LogP contribution in [0, 0.1) is 0 Å². The van der Waals surface area contributed by atoms with E-state index in [9.17, 15) is 144 Å². The van der Waals surface area contributed by atoms with Crippen molar-refractivity contribution < 1.29 is 222 Å². The number of aliphatic hydroxyl groups excluding tert-OH is 15. The summed E-state index contributed by atoms with van der Waals surface area (Å²) in [6.07, 6.45) is -73.1. The van der Waals surface area contributed by atoms with Crippen LogP contribution in [0.1, 0.15) is 6.42 Å². The third kappa shape index (κ3) is 22.5. The second-order valence-electron chi connectivity index (χ2n) is 21.1. The van der Waals surface area contributed by atoms with E-state index in [4.69, 9.17) is 77.9 Å². The van der Waals surface area contributed by atoms with Crippen LogP contribution in [0.4, 0.5) is 0 Å². The number of aliphatic hydroxyl groups is 16. The first-order valence-electron chi connectivity index (χ1n) is 27.7. The van der Waals surface area contributed by atoms with E-state index in [0.717, 1.165) is 0 Å². The molecule has 29 N–H and O–H groups in total. The maximum Gasteiger partial charge on any atom is 0.481 e. The first kappa shape index (κ1) is 84.6. The third-order valence-corrected chi connectivity index (χ3v) is 19.4. The van der Waals surface area contributed by atoms with E-state index in [-0.39, 0.29) is 0 Å². The molecule has 95 heavy (non-hydrogen) atoms. The number of phosphoric acid groups is 5. The number of ether oxygens (including phenoxy) is 9.